The maximum absolute atomic E-state index is 12.4. The van der Waals surface area contributed by atoms with Crippen LogP contribution in [0.25, 0.3) is 0 Å². The van der Waals surface area contributed by atoms with Crippen molar-refractivity contribution in [2.45, 2.75) is 20.3 Å². The molecule has 0 saturated carbocycles. The fourth-order valence-electron chi connectivity index (χ4n) is 3.29. The SMILES string of the molecule is C[C@@H]1C[C@H](C)CN(CC(=O)N(C)CC(=O)Nc2ccccc2Cl)C1. The Bertz CT molecular complexity index is 583. The molecule has 1 aromatic carbocycles. The third-order valence-electron chi connectivity index (χ3n) is 4.26. The zero-order valence-corrected chi connectivity index (χ0v) is 15.3. The van der Waals surface area contributed by atoms with E-state index in [1.165, 1.54) is 11.3 Å². The molecule has 132 valence electrons. The van der Waals surface area contributed by atoms with Crippen molar-refractivity contribution in [3.63, 3.8) is 0 Å². The molecule has 0 unspecified atom stereocenters. The second kappa shape index (κ2) is 8.49. The zero-order valence-electron chi connectivity index (χ0n) is 14.6. The van der Waals surface area contributed by atoms with E-state index in [4.69, 9.17) is 11.6 Å². The smallest absolute Gasteiger partial charge is 0.244 e. The topological polar surface area (TPSA) is 52.7 Å². The average Bonchev–Trinajstić information content (AvgIpc) is 2.48. The number of hydrogen-bond donors (Lipinski definition) is 1. The van der Waals surface area contributed by atoms with Gasteiger partial charge in [0.15, 0.2) is 0 Å². The van der Waals surface area contributed by atoms with Gasteiger partial charge in [-0.3, -0.25) is 14.5 Å². The number of carbonyl (C=O) groups is 2. The molecule has 1 saturated heterocycles. The van der Waals surface area contributed by atoms with Crippen LogP contribution in [-0.4, -0.2) is 54.8 Å². The van der Waals surface area contributed by atoms with Crippen molar-refractivity contribution in [2.24, 2.45) is 11.8 Å². The molecule has 24 heavy (non-hydrogen) atoms. The van der Waals surface area contributed by atoms with Gasteiger partial charge in [-0.1, -0.05) is 37.6 Å². The summed E-state index contributed by atoms with van der Waals surface area (Å²) in [5.74, 6) is 0.927. The van der Waals surface area contributed by atoms with Crippen LogP contribution in [0.1, 0.15) is 20.3 Å². The van der Waals surface area contributed by atoms with Gasteiger partial charge in [0.25, 0.3) is 0 Å². The molecule has 1 fully saturated rings. The first-order valence-corrected chi connectivity index (χ1v) is 8.73. The fraction of sp³-hybridized carbons (Fsp3) is 0.556. The highest BCUT2D eigenvalue weighted by molar-refractivity contribution is 6.33. The Morgan fingerprint density at radius 1 is 1.25 bits per heavy atom. The lowest BCUT2D eigenvalue weighted by atomic mass is 9.92. The van der Waals surface area contributed by atoms with E-state index in [1.54, 1.807) is 31.3 Å². The van der Waals surface area contributed by atoms with Crippen molar-refractivity contribution in [2.75, 3.05) is 38.5 Å². The summed E-state index contributed by atoms with van der Waals surface area (Å²) in [7, 11) is 1.66. The number of carbonyl (C=O) groups excluding carboxylic acids is 2. The molecule has 5 nitrogen and oxygen atoms in total. The number of piperidine rings is 1. The molecule has 1 aromatic rings. The van der Waals surface area contributed by atoms with Crippen molar-refractivity contribution >= 4 is 29.1 Å². The average molecular weight is 352 g/mol. The summed E-state index contributed by atoms with van der Waals surface area (Å²) in [5, 5.41) is 3.22. The molecule has 1 aliphatic rings. The molecule has 0 bridgehead atoms. The summed E-state index contributed by atoms with van der Waals surface area (Å²) < 4.78 is 0. The van der Waals surface area contributed by atoms with Gasteiger partial charge in [0.2, 0.25) is 11.8 Å². The molecular formula is C18H26ClN3O2. The highest BCUT2D eigenvalue weighted by Crippen LogP contribution is 2.21. The van der Waals surface area contributed by atoms with Crippen LogP contribution in [0.3, 0.4) is 0 Å². The van der Waals surface area contributed by atoms with Crippen LogP contribution in [-0.2, 0) is 9.59 Å². The lowest BCUT2D eigenvalue weighted by molar-refractivity contribution is -0.134. The molecule has 1 aliphatic heterocycles. The second-order valence-corrected chi connectivity index (χ2v) is 7.33. The molecular weight excluding hydrogens is 326 g/mol. The number of nitrogens with one attached hydrogen (secondary N) is 1. The number of nitrogens with zero attached hydrogens (tertiary/aromatic N) is 2. The first-order valence-electron chi connectivity index (χ1n) is 8.36. The number of hydrogen-bond acceptors (Lipinski definition) is 3. The van der Waals surface area contributed by atoms with Crippen LogP contribution in [0.4, 0.5) is 5.69 Å². The van der Waals surface area contributed by atoms with Crippen LogP contribution < -0.4 is 5.32 Å². The lowest BCUT2D eigenvalue weighted by Gasteiger charge is -2.35. The zero-order chi connectivity index (χ0) is 17.7. The number of anilines is 1. The van der Waals surface area contributed by atoms with Crippen molar-refractivity contribution < 1.29 is 9.59 Å². The van der Waals surface area contributed by atoms with Gasteiger partial charge in [-0.25, -0.2) is 0 Å². The maximum Gasteiger partial charge on any atom is 0.244 e. The molecule has 1 heterocycles. The summed E-state index contributed by atoms with van der Waals surface area (Å²) in [4.78, 5) is 28.1. The Morgan fingerprint density at radius 2 is 1.88 bits per heavy atom. The number of halogens is 1. The second-order valence-electron chi connectivity index (χ2n) is 6.92. The van der Waals surface area contributed by atoms with Crippen molar-refractivity contribution in [1.82, 2.24) is 9.80 Å². The van der Waals surface area contributed by atoms with E-state index < -0.39 is 0 Å². The largest absolute Gasteiger partial charge is 0.335 e. The number of likely N-dealkylation sites (N-methyl/N-ethyl adjacent to an activating group) is 1. The van der Waals surface area contributed by atoms with Crippen molar-refractivity contribution in [3.05, 3.63) is 29.3 Å². The summed E-state index contributed by atoms with van der Waals surface area (Å²) >= 11 is 6.02. The summed E-state index contributed by atoms with van der Waals surface area (Å²) in [6, 6.07) is 7.05. The molecule has 2 atom stereocenters. The number of likely N-dealkylation sites (tertiary alicyclic amines) is 1. The first kappa shape index (κ1) is 18.7. The highest BCUT2D eigenvalue weighted by atomic mass is 35.5. The molecule has 2 amide bonds. The van der Waals surface area contributed by atoms with Gasteiger partial charge in [0.05, 0.1) is 23.8 Å². The fourth-order valence-corrected chi connectivity index (χ4v) is 3.47. The summed E-state index contributed by atoms with van der Waals surface area (Å²) in [5.41, 5.74) is 0.559. The molecule has 2 rings (SSSR count). The summed E-state index contributed by atoms with van der Waals surface area (Å²) in [6.45, 7) is 6.70. The minimum Gasteiger partial charge on any atom is -0.335 e. The van der Waals surface area contributed by atoms with Crippen molar-refractivity contribution in [1.29, 1.82) is 0 Å². The van der Waals surface area contributed by atoms with Crippen LogP contribution in [0.2, 0.25) is 5.02 Å². The summed E-state index contributed by atoms with van der Waals surface area (Å²) in [6.07, 6.45) is 1.21. The number of rotatable bonds is 5. The van der Waals surface area contributed by atoms with Crippen LogP contribution in [0, 0.1) is 11.8 Å². The van der Waals surface area contributed by atoms with Gasteiger partial charge >= 0.3 is 0 Å². The van der Waals surface area contributed by atoms with Gasteiger partial charge in [0.1, 0.15) is 0 Å². The Balaban J connectivity index is 1.82. The standard InChI is InChI=1S/C18H26ClN3O2/c1-13-8-14(2)10-22(9-13)12-18(24)21(3)11-17(23)20-16-7-5-4-6-15(16)19/h4-7,13-14H,8-12H2,1-3H3,(H,20,23)/t13-,14+. The van der Waals surface area contributed by atoms with Crippen LogP contribution in [0.5, 0.6) is 0 Å². The highest BCUT2D eigenvalue weighted by Gasteiger charge is 2.24. The van der Waals surface area contributed by atoms with E-state index in [0.717, 1.165) is 13.1 Å². The van der Waals surface area contributed by atoms with Gasteiger partial charge in [-0.15, -0.1) is 0 Å². The van der Waals surface area contributed by atoms with E-state index in [2.05, 4.69) is 24.1 Å². The van der Waals surface area contributed by atoms with Crippen molar-refractivity contribution in [3.8, 4) is 0 Å². The van der Waals surface area contributed by atoms with E-state index in [1.807, 2.05) is 0 Å². The Hall–Kier alpha value is -1.59. The molecule has 0 spiro atoms. The van der Waals surface area contributed by atoms with Gasteiger partial charge in [-0.2, -0.15) is 0 Å². The Morgan fingerprint density at radius 3 is 2.50 bits per heavy atom. The van der Waals surface area contributed by atoms with E-state index in [-0.39, 0.29) is 18.4 Å². The first-order chi connectivity index (χ1) is 11.3. The number of amides is 2. The van der Waals surface area contributed by atoms with Crippen LogP contribution in [0.15, 0.2) is 24.3 Å². The normalized spacial score (nSPS) is 21.3. The molecule has 0 aromatic heterocycles. The predicted octanol–water partition coefficient (Wildman–Crippen LogP) is 2.71. The number of para-hydroxylation sites is 1. The van der Waals surface area contributed by atoms with Crippen LogP contribution >= 0.6 is 11.6 Å². The minimum atomic E-state index is -0.251. The molecule has 6 heteroatoms. The van der Waals surface area contributed by atoms with E-state index in [9.17, 15) is 9.59 Å². The molecule has 1 N–H and O–H groups in total. The maximum atomic E-state index is 12.4. The van der Waals surface area contributed by atoms with Gasteiger partial charge in [0, 0.05) is 20.1 Å². The lowest BCUT2D eigenvalue weighted by Crippen LogP contribution is -2.46. The third kappa shape index (κ3) is 5.49. The predicted molar refractivity (Wildman–Crippen MR) is 97.1 cm³/mol. The monoisotopic (exact) mass is 351 g/mol. The van der Waals surface area contributed by atoms with E-state index in [0.29, 0.717) is 29.1 Å². The Labute approximate surface area is 149 Å². The molecule has 0 radical (unpaired) electrons. The minimum absolute atomic E-state index is 0.0169. The number of benzene rings is 1. The third-order valence-corrected chi connectivity index (χ3v) is 4.59. The van der Waals surface area contributed by atoms with Gasteiger partial charge in [-0.05, 0) is 30.4 Å². The van der Waals surface area contributed by atoms with Gasteiger partial charge < -0.3 is 10.2 Å². The van der Waals surface area contributed by atoms with E-state index >= 15 is 0 Å². The molecule has 0 aliphatic carbocycles. The quantitative estimate of drug-likeness (QED) is 0.887. The Kier molecular flexibility index (Phi) is 6.63.